The molecule has 0 saturated heterocycles. The monoisotopic (exact) mass is 423 g/mol. The second-order valence-corrected chi connectivity index (χ2v) is 8.22. The lowest BCUT2D eigenvalue weighted by atomic mass is 10.1. The minimum Gasteiger partial charge on any atom is -0.493 e. The van der Waals surface area contributed by atoms with Gasteiger partial charge in [-0.15, -0.1) is 0 Å². The number of nitrogens with one attached hydrogen (secondary N) is 1. The number of benzene rings is 2. The van der Waals surface area contributed by atoms with Crippen molar-refractivity contribution in [2.45, 2.75) is 26.2 Å². The molecule has 0 bridgehead atoms. The van der Waals surface area contributed by atoms with Crippen LogP contribution in [-0.2, 0) is 20.2 Å². The summed E-state index contributed by atoms with van der Waals surface area (Å²) in [5.74, 6) is 0.667. The summed E-state index contributed by atoms with van der Waals surface area (Å²) >= 11 is 0. The first-order valence-corrected chi connectivity index (χ1v) is 11.1. The molecule has 1 unspecified atom stereocenters. The van der Waals surface area contributed by atoms with Crippen LogP contribution in [0.1, 0.15) is 30.8 Å². The molecule has 2 aromatic carbocycles. The molecule has 160 valence electrons. The molecule has 2 rings (SSSR count). The molecule has 0 amide bonds. The second-order valence-electron chi connectivity index (χ2n) is 6.10. The van der Waals surface area contributed by atoms with Gasteiger partial charge in [-0.2, -0.15) is 0 Å². The van der Waals surface area contributed by atoms with Crippen molar-refractivity contribution in [3.05, 3.63) is 53.6 Å². The van der Waals surface area contributed by atoms with Gasteiger partial charge in [-0.3, -0.25) is 9.88 Å². The fourth-order valence-electron chi connectivity index (χ4n) is 3.03. The molecule has 0 fully saturated rings. The van der Waals surface area contributed by atoms with E-state index in [0.29, 0.717) is 29.4 Å². The highest BCUT2D eigenvalue weighted by Gasteiger charge is 2.37. The molecule has 0 aromatic heterocycles. The van der Waals surface area contributed by atoms with E-state index < -0.39 is 13.4 Å². The number of ether oxygens (including phenoxy) is 3. The van der Waals surface area contributed by atoms with E-state index in [-0.39, 0.29) is 13.2 Å². The van der Waals surface area contributed by atoms with E-state index in [4.69, 9.17) is 23.3 Å². The molecule has 1 N–H and O–H groups in total. The Kier molecular flexibility index (Phi) is 8.99. The van der Waals surface area contributed by atoms with Gasteiger partial charge in [0.25, 0.3) is 0 Å². The van der Waals surface area contributed by atoms with Gasteiger partial charge in [0.05, 0.1) is 34.5 Å². The number of hydrogen-bond acceptors (Lipinski definition) is 7. The van der Waals surface area contributed by atoms with E-state index in [1.807, 2.05) is 30.3 Å². The third kappa shape index (κ3) is 5.73. The summed E-state index contributed by atoms with van der Waals surface area (Å²) in [6.45, 7) is 4.56. The van der Waals surface area contributed by atoms with Gasteiger partial charge in [-0.25, -0.2) is 0 Å². The Balaban J connectivity index is 2.52. The van der Waals surface area contributed by atoms with E-state index in [2.05, 4.69) is 5.32 Å². The number of rotatable bonds is 12. The number of hydrogen-bond donors (Lipinski definition) is 1. The van der Waals surface area contributed by atoms with Crippen molar-refractivity contribution in [3.8, 4) is 17.2 Å². The maximum absolute atomic E-state index is 13.7. The quantitative estimate of drug-likeness (QED) is 0.493. The molecule has 0 aliphatic rings. The van der Waals surface area contributed by atoms with Crippen LogP contribution in [0, 0.1) is 0 Å². The molecular formula is C21H30NO6P. The van der Waals surface area contributed by atoms with E-state index in [0.717, 1.165) is 5.56 Å². The number of methoxy groups -OCH3 is 3. The summed E-state index contributed by atoms with van der Waals surface area (Å²) in [5, 5.41) is 3.34. The Morgan fingerprint density at radius 1 is 0.897 bits per heavy atom. The maximum Gasteiger partial charge on any atom is 0.351 e. The highest BCUT2D eigenvalue weighted by molar-refractivity contribution is 7.54. The molecule has 0 spiro atoms. The minimum atomic E-state index is -3.54. The normalized spacial score (nSPS) is 12.4. The molecule has 8 heteroatoms. The van der Waals surface area contributed by atoms with Crippen LogP contribution in [0.3, 0.4) is 0 Å². The average Bonchev–Trinajstić information content (AvgIpc) is 2.74. The van der Waals surface area contributed by atoms with E-state index in [9.17, 15) is 4.57 Å². The van der Waals surface area contributed by atoms with Gasteiger partial charge in [0.15, 0.2) is 11.5 Å². The van der Waals surface area contributed by atoms with Crippen molar-refractivity contribution in [3.63, 3.8) is 0 Å². The summed E-state index contributed by atoms with van der Waals surface area (Å²) < 4.78 is 41.3. The predicted octanol–water partition coefficient (Wildman–Crippen LogP) is 4.77. The summed E-state index contributed by atoms with van der Waals surface area (Å²) in [6, 6.07) is 13.4. The predicted molar refractivity (Wildman–Crippen MR) is 113 cm³/mol. The van der Waals surface area contributed by atoms with Gasteiger partial charge in [-0.1, -0.05) is 30.3 Å². The lowest BCUT2D eigenvalue weighted by Gasteiger charge is -2.28. The summed E-state index contributed by atoms with van der Waals surface area (Å²) in [6.07, 6.45) is 0. The topological polar surface area (TPSA) is 75.3 Å². The van der Waals surface area contributed by atoms with E-state index >= 15 is 0 Å². The van der Waals surface area contributed by atoms with Crippen molar-refractivity contribution in [2.75, 3.05) is 34.5 Å². The lowest BCUT2D eigenvalue weighted by Crippen LogP contribution is -2.23. The smallest absolute Gasteiger partial charge is 0.351 e. The summed E-state index contributed by atoms with van der Waals surface area (Å²) in [7, 11) is 1.08. The summed E-state index contributed by atoms with van der Waals surface area (Å²) in [4.78, 5) is 0. The fourth-order valence-corrected chi connectivity index (χ4v) is 4.95. The van der Waals surface area contributed by atoms with Crippen LogP contribution >= 0.6 is 7.60 Å². The van der Waals surface area contributed by atoms with Crippen molar-refractivity contribution in [2.24, 2.45) is 0 Å². The molecule has 0 aliphatic carbocycles. The zero-order valence-corrected chi connectivity index (χ0v) is 18.5. The Morgan fingerprint density at radius 3 is 1.90 bits per heavy atom. The van der Waals surface area contributed by atoms with Crippen LogP contribution in [0.4, 0.5) is 0 Å². The van der Waals surface area contributed by atoms with Gasteiger partial charge in [-0.05, 0) is 37.1 Å². The first kappa shape index (κ1) is 23.2. The van der Waals surface area contributed by atoms with Crippen LogP contribution in [0.15, 0.2) is 42.5 Å². The van der Waals surface area contributed by atoms with Gasteiger partial charge in [0, 0.05) is 6.54 Å². The Labute approximate surface area is 172 Å². The highest BCUT2D eigenvalue weighted by Crippen LogP contribution is 2.60. The highest BCUT2D eigenvalue weighted by atomic mass is 31.2. The van der Waals surface area contributed by atoms with Gasteiger partial charge in [0.2, 0.25) is 5.75 Å². The van der Waals surface area contributed by atoms with Crippen LogP contribution in [-0.4, -0.2) is 34.5 Å². The third-order valence-corrected chi connectivity index (χ3v) is 6.63. The minimum absolute atomic E-state index is 0.255. The van der Waals surface area contributed by atoms with Crippen molar-refractivity contribution < 1.29 is 27.8 Å². The molecule has 1 atom stereocenters. The van der Waals surface area contributed by atoms with Crippen LogP contribution in [0.25, 0.3) is 0 Å². The third-order valence-electron chi connectivity index (χ3n) is 4.28. The van der Waals surface area contributed by atoms with Crippen molar-refractivity contribution in [1.82, 2.24) is 5.32 Å². The first-order valence-electron chi connectivity index (χ1n) is 9.48. The zero-order chi connectivity index (χ0) is 21.3. The van der Waals surface area contributed by atoms with Gasteiger partial charge >= 0.3 is 7.60 Å². The fraction of sp³-hybridized carbons (Fsp3) is 0.429. The molecule has 0 radical (unpaired) electrons. The maximum atomic E-state index is 13.7. The van der Waals surface area contributed by atoms with Crippen molar-refractivity contribution in [1.29, 1.82) is 0 Å². The summed E-state index contributed by atoms with van der Waals surface area (Å²) in [5.41, 5.74) is 1.70. The standard InChI is InChI=1S/C21H30NO6P/c1-6-27-29(23,28-7-2)21(22-15-16-11-9-8-10-12-16)17-13-18(24-3)20(26-5)19(14-17)25-4/h8-14,21-22H,6-7,15H2,1-5H3. The molecule has 29 heavy (non-hydrogen) atoms. The second kappa shape index (κ2) is 11.2. The van der Waals surface area contributed by atoms with Crippen LogP contribution in [0.5, 0.6) is 17.2 Å². The molecule has 7 nitrogen and oxygen atoms in total. The Morgan fingerprint density at radius 2 is 1.45 bits per heavy atom. The average molecular weight is 423 g/mol. The Hall–Kier alpha value is -2.05. The largest absolute Gasteiger partial charge is 0.493 e. The first-order chi connectivity index (χ1) is 14.0. The molecule has 2 aromatic rings. The lowest BCUT2D eigenvalue weighted by molar-refractivity contribution is 0.207. The molecular weight excluding hydrogens is 393 g/mol. The van der Waals surface area contributed by atoms with E-state index in [1.54, 1.807) is 26.0 Å². The Bertz CT molecular complexity index is 779. The molecule has 0 aliphatic heterocycles. The van der Waals surface area contributed by atoms with Crippen LogP contribution in [0.2, 0.25) is 0 Å². The SMILES string of the molecule is CCOP(=O)(OCC)C(NCc1ccccc1)c1cc(OC)c(OC)c(OC)c1. The van der Waals surface area contributed by atoms with Crippen LogP contribution < -0.4 is 19.5 Å². The van der Waals surface area contributed by atoms with Gasteiger partial charge < -0.3 is 23.3 Å². The van der Waals surface area contributed by atoms with E-state index in [1.165, 1.54) is 21.3 Å². The molecule has 0 heterocycles. The zero-order valence-electron chi connectivity index (χ0n) is 17.6. The van der Waals surface area contributed by atoms with Gasteiger partial charge in [0.1, 0.15) is 5.78 Å². The molecule has 0 saturated carbocycles. The van der Waals surface area contributed by atoms with Crippen molar-refractivity contribution >= 4 is 7.60 Å².